The van der Waals surface area contributed by atoms with E-state index < -0.39 is 0 Å². The highest BCUT2D eigenvalue weighted by molar-refractivity contribution is 8.28. The quantitative estimate of drug-likeness (QED) is 0.471. The molecule has 0 saturated carbocycles. The van der Waals surface area contributed by atoms with Gasteiger partial charge in [0.2, 0.25) is 0 Å². The van der Waals surface area contributed by atoms with E-state index in [1.54, 1.807) is 23.5 Å². The van der Waals surface area contributed by atoms with E-state index in [1.165, 1.54) is 37.4 Å². The van der Waals surface area contributed by atoms with Gasteiger partial charge in [-0.25, -0.2) is 0 Å². The first-order valence-electron chi connectivity index (χ1n) is 6.93. The van der Waals surface area contributed by atoms with Gasteiger partial charge in [-0.3, -0.25) is 9.59 Å². The van der Waals surface area contributed by atoms with Gasteiger partial charge >= 0.3 is 0 Å². The molecular weight excluding hydrogens is 376 g/mol. The zero-order valence-electron chi connectivity index (χ0n) is 13.6. The lowest BCUT2D eigenvalue weighted by molar-refractivity contribution is -0.114. The van der Waals surface area contributed by atoms with Crippen LogP contribution in [0, 0.1) is 23.7 Å². The van der Waals surface area contributed by atoms with Crippen LogP contribution in [0.2, 0.25) is 0 Å². The third-order valence-corrected chi connectivity index (χ3v) is 7.53. The molecule has 24 heavy (non-hydrogen) atoms. The fourth-order valence-corrected chi connectivity index (χ4v) is 6.12. The van der Waals surface area contributed by atoms with Crippen molar-refractivity contribution < 1.29 is 9.59 Å². The zero-order chi connectivity index (χ0) is 17.7. The molecular formula is C18H14O2S4. The van der Waals surface area contributed by atoms with Crippen LogP contribution in [-0.2, 0) is 9.59 Å². The molecule has 0 aromatic heterocycles. The summed E-state index contributed by atoms with van der Waals surface area (Å²) in [4.78, 5) is 25.9. The van der Waals surface area contributed by atoms with Gasteiger partial charge in [-0.05, 0) is 72.0 Å². The minimum Gasteiger partial charge on any atom is -0.294 e. The Balaban J connectivity index is 2.25. The molecule has 6 heteroatoms. The van der Waals surface area contributed by atoms with E-state index in [-0.39, 0.29) is 11.6 Å². The summed E-state index contributed by atoms with van der Waals surface area (Å²) in [7, 11) is 0. The molecule has 0 spiro atoms. The second kappa shape index (κ2) is 8.78. The molecule has 0 bridgehead atoms. The fraction of sp³-hybridized carbons (Fsp3) is 0.222. The van der Waals surface area contributed by atoms with E-state index in [9.17, 15) is 9.59 Å². The van der Waals surface area contributed by atoms with Gasteiger partial charge in [-0.15, -0.1) is 0 Å². The Morgan fingerprint density at radius 1 is 0.792 bits per heavy atom. The van der Waals surface area contributed by atoms with Crippen LogP contribution >= 0.6 is 47.0 Å². The van der Waals surface area contributed by atoms with E-state index in [2.05, 4.69) is 23.7 Å². The smallest absolute Gasteiger partial charge is 0.169 e. The number of ketones is 2. The fourth-order valence-electron chi connectivity index (χ4n) is 1.63. The van der Waals surface area contributed by atoms with E-state index in [0.717, 1.165) is 18.3 Å². The van der Waals surface area contributed by atoms with E-state index >= 15 is 0 Å². The van der Waals surface area contributed by atoms with Gasteiger partial charge in [-0.1, -0.05) is 47.0 Å². The molecule has 2 nitrogen and oxygen atoms in total. The molecule has 2 aliphatic rings. The van der Waals surface area contributed by atoms with Crippen LogP contribution in [0.1, 0.15) is 27.7 Å². The summed E-state index contributed by atoms with van der Waals surface area (Å²) >= 11 is 6.11. The Morgan fingerprint density at radius 2 is 1.17 bits per heavy atom. The van der Waals surface area contributed by atoms with Crippen molar-refractivity contribution in [2.45, 2.75) is 27.7 Å². The van der Waals surface area contributed by atoms with Crippen molar-refractivity contribution in [2.24, 2.45) is 0 Å². The Hall–Kier alpha value is -1.18. The lowest BCUT2D eigenvalue weighted by Gasteiger charge is -1.99. The Bertz CT molecular complexity index is 777. The highest BCUT2D eigenvalue weighted by Gasteiger charge is 2.16. The van der Waals surface area contributed by atoms with Crippen molar-refractivity contribution in [2.75, 3.05) is 0 Å². The topological polar surface area (TPSA) is 34.1 Å². The first-order valence-corrected chi connectivity index (χ1v) is 10.3. The lowest BCUT2D eigenvalue weighted by atomic mass is 10.2. The van der Waals surface area contributed by atoms with Gasteiger partial charge in [-0.2, -0.15) is 0 Å². The van der Waals surface area contributed by atoms with Crippen molar-refractivity contribution in [3.8, 4) is 23.7 Å². The molecule has 0 N–H and O–H groups in total. The van der Waals surface area contributed by atoms with E-state index in [0.29, 0.717) is 11.1 Å². The van der Waals surface area contributed by atoms with Gasteiger partial charge in [0.15, 0.2) is 11.6 Å². The molecule has 0 atom stereocenters. The van der Waals surface area contributed by atoms with Crippen molar-refractivity contribution >= 4 is 58.6 Å². The third-order valence-electron chi connectivity index (χ3n) is 2.72. The summed E-state index contributed by atoms with van der Waals surface area (Å²) in [5.41, 5.74) is 0.957. The standard InChI is InChI=1S/C18H14O2S4/c1-11-9-21-17(23-11)15(13(3)19)7-5-6-8-16(14(4)20)18-22-10-12(2)24-18/h9-10H,1-4H3/b17-15-,18-16+. The molecule has 0 fully saturated rings. The number of carbonyl (C=O) groups is 2. The molecule has 122 valence electrons. The Kier molecular flexibility index (Phi) is 7.01. The number of rotatable bonds is 2. The van der Waals surface area contributed by atoms with Gasteiger partial charge in [0.05, 0.1) is 19.6 Å². The van der Waals surface area contributed by atoms with E-state index in [4.69, 9.17) is 0 Å². The molecule has 0 saturated heterocycles. The van der Waals surface area contributed by atoms with Crippen LogP contribution in [0.3, 0.4) is 0 Å². The largest absolute Gasteiger partial charge is 0.294 e. The summed E-state index contributed by atoms with van der Waals surface area (Å²) in [6.45, 7) is 6.99. The Morgan fingerprint density at radius 3 is 1.42 bits per heavy atom. The summed E-state index contributed by atoms with van der Waals surface area (Å²) in [6.07, 6.45) is 0. The average molecular weight is 391 g/mol. The van der Waals surface area contributed by atoms with E-state index in [1.807, 2.05) is 24.7 Å². The number of thioether (sulfide) groups is 4. The van der Waals surface area contributed by atoms with Crippen LogP contribution in [0.25, 0.3) is 0 Å². The maximum atomic E-state index is 11.8. The highest BCUT2D eigenvalue weighted by Crippen LogP contribution is 2.45. The number of allylic oxidation sites excluding steroid dienone is 4. The minimum atomic E-state index is -0.0747. The molecule has 0 radical (unpaired) electrons. The molecule has 2 rings (SSSR count). The van der Waals surface area contributed by atoms with Gasteiger partial charge in [0.1, 0.15) is 0 Å². The number of hydrogen-bond donors (Lipinski definition) is 0. The molecule has 2 aliphatic heterocycles. The lowest BCUT2D eigenvalue weighted by Crippen LogP contribution is -1.96. The SMILES string of the molecule is CC(=O)/C(C#CC#C/C(C(C)=O)=C1/SC=C(C)S1)=C1/SC=C(C)S1. The number of hydrogen-bond acceptors (Lipinski definition) is 6. The maximum Gasteiger partial charge on any atom is 0.169 e. The normalized spacial score (nSPS) is 20.2. The van der Waals surface area contributed by atoms with Crippen LogP contribution in [0.4, 0.5) is 0 Å². The summed E-state index contributed by atoms with van der Waals surface area (Å²) in [5.74, 6) is 11.0. The van der Waals surface area contributed by atoms with Crippen LogP contribution in [-0.4, -0.2) is 11.6 Å². The van der Waals surface area contributed by atoms with Crippen molar-refractivity contribution in [3.63, 3.8) is 0 Å². The Labute approximate surface area is 159 Å². The molecule has 0 unspecified atom stereocenters. The molecule has 0 aromatic rings. The molecule has 0 aromatic carbocycles. The molecule has 2 heterocycles. The predicted octanol–water partition coefficient (Wildman–Crippen LogP) is 5.28. The number of carbonyl (C=O) groups excluding carboxylic acids is 2. The second-order valence-electron chi connectivity index (χ2n) is 4.83. The minimum absolute atomic E-state index is 0.0747. The number of Topliss-reactive ketones (excluding diaryl/α,β-unsaturated/α-hetero) is 2. The summed E-state index contributed by atoms with van der Waals surface area (Å²) < 4.78 is 1.78. The average Bonchev–Trinajstić information content (AvgIpc) is 3.11. The van der Waals surface area contributed by atoms with Crippen LogP contribution in [0.15, 0.2) is 40.2 Å². The van der Waals surface area contributed by atoms with Gasteiger partial charge in [0.25, 0.3) is 0 Å². The second-order valence-corrected chi connectivity index (χ2v) is 9.62. The predicted molar refractivity (Wildman–Crippen MR) is 109 cm³/mol. The van der Waals surface area contributed by atoms with Crippen molar-refractivity contribution in [3.05, 3.63) is 40.2 Å². The summed E-state index contributed by atoms with van der Waals surface area (Å²) in [5, 5.41) is 4.00. The van der Waals surface area contributed by atoms with Gasteiger partial charge < -0.3 is 0 Å². The van der Waals surface area contributed by atoms with Crippen molar-refractivity contribution in [1.82, 2.24) is 0 Å². The van der Waals surface area contributed by atoms with Crippen molar-refractivity contribution in [1.29, 1.82) is 0 Å². The summed E-state index contributed by atoms with van der Waals surface area (Å²) in [6, 6.07) is 0. The molecule has 0 aliphatic carbocycles. The maximum absolute atomic E-state index is 11.8. The van der Waals surface area contributed by atoms with Crippen LogP contribution in [0.5, 0.6) is 0 Å². The highest BCUT2D eigenvalue weighted by atomic mass is 32.2. The monoisotopic (exact) mass is 390 g/mol. The first-order chi connectivity index (χ1) is 11.4. The van der Waals surface area contributed by atoms with Crippen LogP contribution < -0.4 is 0 Å². The zero-order valence-corrected chi connectivity index (χ0v) is 16.9. The first kappa shape index (κ1) is 19.1. The molecule has 0 amide bonds. The van der Waals surface area contributed by atoms with Gasteiger partial charge in [0, 0.05) is 0 Å². The third kappa shape index (κ3) is 5.16.